The number of hydrogen-bond acceptors (Lipinski definition) is 1. The molecule has 1 aromatic rings. The molecule has 2 unspecified atom stereocenters. The van der Waals surface area contributed by atoms with Gasteiger partial charge in [-0.2, -0.15) is 0 Å². The summed E-state index contributed by atoms with van der Waals surface area (Å²) >= 11 is 0. The van der Waals surface area contributed by atoms with Crippen LogP contribution < -0.4 is 5.32 Å². The molecule has 0 saturated heterocycles. The number of benzene rings is 1. The Labute approximate surface area is 93.9 Å². The number of rotatable bonds is 5. The van der Waals surface area contributed by atoms with Gasteiger partial charge in [0.1, 0.15) is 0 Å². The first kappa shape index (κ1) is 12.3. The molecule has 1 N–H and O–H groups in total. The summed E-state index contributed by atoms with van der Waals surface area (Å²) in [6, 6.07) is 8.70. The fraction of sp³-hybridized carbons (Fsp3) is 0.571. The van der Waals surface area contributed by atoms with E-state index in [-0.39, 0.29) is 0 Å². The summed E-state index contributed by atoms with van der Waals surface area (Å²) in [7, 11) is 0. The van der Waals surface area contributed by atoms with Crippen molar-refractivity contribution in [1.29, 1.82) is 0 Å². The molecule has 0 aliphatic heterocycles. The van der Waals surface area contributed by atoms with Gasteiger partial charge in [-0.05, 0) is 43.0 Å². The van der Waals surface area contributed by atoms with E-state index in [0.29, 0.717) is 11.8 Å². The maximum atomic E-state index is 3.42. The van der Waals surface area contributed by atoms with Gasteiger partial charge in [0.05, 0.1) is 0 Å². The van der Waals surface area contributed by atoms with Crippen LogP contribution in [0, 0.1) is 12.8 Å². The average molecular weight is 205 g/mol. The van der Waals surface area contributed by atoms with Gasteiger partial charge < -0.3 is 5.32 Å². The first-order valence-electron chi connectivity index (χ1n) is 5.93. The van der Waals surface area contributed by atoms with E-state index in [2.05, 4.69) is 57.3 Å². The summed E-state index contributed by atoms with van der Waals surface area (Å²) < 4.78 is 0. The molecule has 0 heterocycles. The van der Waals surface area contributed by atoms with E-state index < -0.39 is 0 Å². The Morgan fingerprint density at radius 3 is 2.47 bits per heavy atom. The molecule has 1 heteroatoms. The van der Waals surface area contributed by atoms with Crippen LogP contribution in [0.15, 0.2) is 24.3 Å². The Kier molecular flexibility index (Phi) is 4.83. The van der Waals surface area contributed by atoms with Crippen molar-refractivity contribution in [2.75, 3.05) is 13.1 Å². The van der Waals surface area contributed by atoms with Crippen molar-refractivity contribution >= 4 is 0 Å². The van der Waals surface area contributed by atoms with Crippen LogP contribution in [0.5, 0.6) is 0 Å². The standard InChI is InChI=1S/C14H23N/c1-5-15-10-12(3)13(4)14-9-7-6-8-11(14)2/h6-9,12-13,15H,5,10H2,1-4H3. The van der Waals surface area contributed by atoms with Gasteiger partial charge in [-0.1, -0.05) is 45.0 Å². The molecular formula is C14H23N. The molecule has 0 aliphatic rings. The molecule has 0 fully saturated rings. The number of nitrogens with one attached hydrogen (secondary N) is 1. The van der Waals surface area contributed by atoms with Crippen molar-refractivity contribution in [1.82, 2.24) is 5.32 Å². The smallest absolute Gasteiger partial charge is 0.00175 e. The monoisotopic (exact) mass is 205 g/mol. The fourth-order valence-electron chi connectivity index (χ4n) is 1.95. The summed E-state index contributed by atoms with van der Waals surface area (Å²) in [5.74, 6) is 1.32. The Bertz CT molecular complexity index is 293. The molecule has 1 nitrogen and oxygen atoms in total. The van der Waals surface area contributed by atoms with Gasteiger partial charge in [-0.15, -0.1) is 0 Å². The van der Waals surface area contributed by atoms with Crippen molar-refractivity contribution in [2.24, 2.45) is 5.92 Å². The molecule has 0 aliphatic carbocycles. The van der Waals surface area contributed by atoms with Gasteiger partial charge in [-0.3, -0.25) is 0 Å². The lowest BCUT2D eigenvalue weighted by Crippen LogP contribution is -2.24. The third kappa shape index (κ3) is 3.35. The molecule has 0 aromatic heterocycles. The summed E-state index contributed by atoms with van der Waals surface area (Å²) in [6.07, 6.45) is 0. The van der Waals surface area contributed by atoms with E-state index >= 15 is 0 Å². The Morgan fingerprint density at radius 1 is 1.20 bits per heavy atom. The van der Waals surface area contributed by atoms with Crippen molar-refractivity contribution in [2.45, 2.75) is 33.6 Å². The summed E-state index contributed by atoms with van der Waals surface area (Å²) in [5.41, 5.74) is 2.90. The second-order valence-corrected chi connectivity index (χ2v) is 4.43. The molecule has 0 radical (unpaired) electrons. The molecule has 84 valence electrons. The third-order valence-corrected chi connectivity index (χ3v) is 3.25. The minimum atomic E-state index is 0.630. The van der Waals surface area contributed by atoms with Gasteiger partial charge >= 0.3 is 0 Å². The van der Waals surface area contributed by atoms with Crippen LogP contribution in [0.3, 0.4) is 0 Å². The van der Waals surface area contributed by atoms with E-state index in [1.54, 1.807) is 0 Å². The van der Waals surface area contributed by atoms with Crippen molar-refractivity contribution in [3.8, 4) is 0 Å². The van der Waals surface area contributed by atoms with Gasteiger partial charge in [0.2, 0.25) is 0 Å². The van der Waals surface area contributed by atoms with E-state index in [0.717, 1.165) is 13.1 Å². The topological polar surface area (TPSA) is 12.0 Å². The summed E-state index contributed by atoms with van der Waals surface area (Å²) in [6.45, 7) is 11.2. The number of aryl methyl sites for hydroxylation is 1. The normalized spacial score (nSPS) is 14.9. The molecule has 1 rings (SSSR count). The highest BCUT2D eigenvalue weighted by Gasteiger charge is 2.14. The molecule has 0 saturated carbocycles. The minimum Gasteiger partial charge on any atom is -0.317 e. The second kappa shape index (κ2) is 5.92. The summed E-state index contributed by atoms with van der Waals surface area (Å²) in [5, 5.41) is 3.42. The van der Waals surface area contributed by atoms with Crippen LogP contribution in [0.2, 0.25) is 0 Å². The lowest BCUT2D eigenvalue weighted by molar-refractivity contribution is 0.453. The lowest BCUT2D eigenvalue weighted by atomic mass is 9.86. The molecule has 0 amide bonds. The Balaban J connectivity index is 2.67. The van der Waals surface area contributed by atoms with Gasteiger partial charge in [0.15, 0.2) is 0 Å². The fourth-order valence-corrected chi connectivity index (χ4v) is 1.95. The zero-order chi connectivity index (χ0) is 11.3. The van der Waals surface area contributed by atoms with Crippen LogP contribution >= 0.6 is 0 Å². The second-order valence-electron chi connectivity index (χ2n) is 4.43. The van der Waals surface area contributed by atoms with E-state index in [9.17, 15) is 0 Å². The highest BCUT2D eigenvalue weighted by atomic mass is 14.8. The van der Waals surface area contributed by atoms with Gasteiger partial charge in [-0.25, -0.2) is 0 Å². The van der Waals surface area contributed by atoms with E-state index in [1.807, 2.05) is 0 Å². The predicted octanol–water partition coefficient (Wildman–Crippen LogP) is 3.34. The maximum absolute atomic E-state index is 3.42. The lowest BCUT2D eigenvalue weighted by Gasteiger charge is -2.22. The third-order valence-electron chi connectivity index (χ3n) is 3.25. The number of hydrogen-bond donors (Lipinski definition) is 1. The van der Waals surface area contributed by atoms with Crippen LogP contribution in [-0.4, -0.2) is 13.1 Å². The molecule has 1 aromatic carbocycles. The first-order valence-corrected chi connectivity index (χ1v) is 5.93. The molecule has 2 atom stereocenters. The zero-order valence-electron chi connectivity index (χ0n) is 10.4. The summed E-state index contributed by atoms with van der Waals surface area (Å²) in [4.78, 5) is 0. The Morgan fingerprint density at radius 2 is 1.87 bits per heavy atom. The average Bonchev–Trinajstić information content (AvgIpc) is 2.25. The van der Waals surface area contributed by atoms with Crippen molar-refractivity contribution < 1.29 is 0 Å². The van der Waals surface area contributed by atoms with E-state index in [1.165, 1.54) is 11.1 Å². The largest absolute Gasteiger partial charge is 0.317 e. The first-order chi connectivity index (χ1) is 7.16. The van der Waals surface area contributed by atoms with Crippen LogP contribution in [-0.2, 0) is 0 Å². The SMILES string of the molecule is CCNCC(C)C(C)c1ccccc1C. The molecule has 15 heavy (non-hydrogen) atoms. The van der Waals surface area contributed by atoms with Crippen molar-refractivity contribution in [3.63, 3.8) is 0 Å². The van der Waals surface area contributed by atoms with E-state index in [4.69, 9.17) is 0 Å². The quantitative estimate of drug-likeness (QED) is 0.777. The zero-order valence-corrected chi connectivity index (χ0v) is 10.4. The van der Waals surface area contributed by atoms with Gasteiger partial charge in [0.25, 0.3) is 0 Å². The molecular weight excluding hydrogens is 182 g/mol. The van der Waals surface area contributed by atoms with Gasteiger partial charge in [0, 0.05) is 0 Å². The Hall–Kier alpha value is -0.820. The maximum Gasteiger partial charge on any atom is -0.00175 e. The highest BCUT2D eigenvalue weighted by Crippen LogP contribution is 2.25. The van der Waals surface area contributed by atoms with Crippen LogP contribution in [0.4, 0.5) is 0 Å². The minimum absolute atomic E-state index is 0.630. The molecule has 0 bridgehead atoms. The highest BCUT2D eigenvalue weighted by molar-refractivity contribution is 5.29. The molecule has 0 spiro atoms. The van der Waals surface area contributed by atoms with Crippen molar-refractivity contribution in [3.05, 3.63) is 35.4 Å². The van der Waals surface area contributed by atoms with Crippen LogP contribution in [0.25, 0.3) is 0 Å². The van der Waals surface area contributed by atoms with Crippen LogP contribution in [0.1, 0.15) is 37.8 Å². The predicted molar refractivity (Wildman–Crippen MR) is 67.3 cm³/mol.